The summed E-state index contributed by atoms with van der Waals surface area (Å²) in [6.45, 7) is 7.28. The van der Waals surface area contributed by atoms with Crippen LogP contribution in [-0.4, -0.2) is 12.2 Å². The van der Waals surface area contributed by atoms with E-state index >= 15 is 0 Å². The van der Waals surface area contributed by atoms with Crippen molar-refractivity contribution in [3.63, 3.8) is 0 Å². The molecule has 2 unspecified atom stereocenters. The Hall–Kier alpha value is -1.25. The Morgan fingerprint density at radius 2 is 1.40 bits per heavy atom. The summed E-state index contributed by atoms with van der Waals surface area (Å²) in [6.07, 6.45) is 17.2. The minimum atomic E-state index is -2.60. The molecular formula is C16H23O3P. The second kappa shape index (κ2) is 12.8. The summed E-state index contributed by atoms with van der Waals surface area (Å²) in [6, 6.07) is 0. The molecule has 0 aromatic rings. The topological polar surface area (TPSA) is 35.5 Å². The van der Waals surface area contributed by atoms with E-state index in [9.17, 15) is 4.57 Å². The second-order valence-electron chi connectivity index (χ2n) is 4.28. The van der Waals surface area contributed by atoms with Crippen LogP contribution in [0, 0.1) is 24.7 Å². The number of hydrogen-bond acceptors (Lipinski definition) is 3. The first-order valence-corrected chi connectivity index (χ1v) is 7.86. The Morgan fingerprint density at radius 3 is 1.70 bits per heavy atom. The van der Waals surface area contributed by atoms with Gasteiger partial charge in [-0.3, -0.25) is 4.57 Å². The minimum Gasteiger partial charge on any atom is -0.306 e. The fraction of sp³-hybridized carbons (Fsp3) is 0.500. The molecule has 0 saturated heterocycles. The van der Waals surface area contributed by atoms with Gasteiger partial charge < -0.3 is 9.05 Å². The molecule has 0 amide bonds. The monoisotopic (exact) mass is 294 g/mol. The molecule has 0 heterocycles. The van der Waals surface area contributed by atoms with Gasteiger partial charge in [-0.25, -0.2) is 0 Å². The van der Waals surface area contributed by atoms with Gasteiger partial charge in [0.05, 0.1) is 12.2 Å². The van der Waals surface area contributed by atoms with Gasteiger partial charge in [0.2, 0.25) is 0 Å². The first-order valence-electron chi connectivity index (χ1n) is 6.63. The van der Waals surface area contributed by atoms with Gasteiger partial charge in [0.25, 0.3) is 0 Å². The van der Waals surface area contributed by atoms with Gasteiger partial charge in [0.1, 0.15) is 0 Å². The molecule has 0 aliphatic rings. The maximum absolute atomic E-state index is 11.9. The molecule has 110 valence electrons. The molecule has 4 heteroatoms. The molecule has 0 rings (SSSR count). The van der Waals surface area contributed by atoms with Gasteiger partial charge >= 0.3 is 8.25 Å². The lowest BCUT2D eigenvalue weighted by Crippen LogP contribution is -2.12. The highest BCUT2D eigenvalue weighted by Gasteiger charge is 2.16. The van der Waals surface area contributed by atoms with Gasteiger partial charge in [-0.15, -0.1) is 37.8 Å². The van der Waals surface area contributed by atoms with E-state index in [0.717, 1.165) is 12.8 Å². The summed E-state index contributed by atoms with van der Waals surface area (Å²) in [4.78, 5) is 0. The van der Waals surface area contributed by atoms with E-state index in [2.05, 4.69) is 25.0 Å². The quantitative estimate of drug-likeness (QED) is 0.308. The van der Waals surface area contributed by atoms with E-state index in [1.807, 2.05) is 0 Å². The van der Waals surface area contributed by atoms with Crippen LogP contribution in [0.1, 0.15) is 38.5 Å². The van der Waals surface area contributed by atoms with Crippen molar-refractivity contribution in [1.82, 2.24) is 0 Å². The van der Waals surface area contributed by atoms with Crippen molar-refractivity contribution in [3.05, 3.63) is 25.3 Å². The van der Waals surface area contributed by atoms with Crippen molar-refractivity contribution in [2.24, 2.45) is 0 Å². The Morgan fingerprint density at radius 1 is 1.00 bits per heavy atom. The Kier molecular flexibility index (Phi) is 12.0. The lowest BCUT2D eigenvalue weighted by molar-refractivity contribution is 0.125. The standard InChI is InChI=1S/C16H23O3P/c1-5-9-13-15(11-7-3)18-20(17)19-16(12-8-4)14-10-6-2/h3-6,15-16,20H,1-2,9-14H2. The second-order valence-corrected chi connectivity index (χ2v) is 5.25. The molecule has 0 aromatic carbocycles. The Balaban J connectivity index is 4.31. The number of allylic oxidation sites excluding steroid dienone is 2. The average Bonchev–Trinajstić information content (AvgIpc) is 2.42. The number of terminal acetylenes is 2. The summed E-state index contributed by atoms with van der Waals surface area (Å²) >= 11 is 0. The maximum Gasteiger partial charge on any atom is 0.319 e. The van der Waals surface area contributed by atoms with E-state index in [0.29, 0.717) is 25.7 Å². The summed E-state index contributed by atoms with van der Waals surface area (Å²) in [5, 5.41) is 0. The summed E-state index contributed by atoms with van der Waals surface area (Å²) < 4.78 is 22.7. The molecule has 0 aromatic heterocycles. The van der Waals surface area contributed by atoms with Gasteiger partial charge in [-0.05, 0) is 25.7 Å². The highest BCUT2D eigenvalue weighted by atomic mass is 31.1. The largest absolute Gasteiger partial charge is 0.319 e. The van der Waals surface area contributed by atoms with Crippen molar-refractivity contribution in [1.29, 1.82) is 0 Å². The van der Waals surface area contributed by atoms with Crippen LogP contribution in [0.5, 0.6) is 0 Å². The molecule has 0 spiro atoms. The van der Waals surface area contributed by atoms with Crippen molar-refractivity contribution >= 4 is 8.25 Å². The fourth-order valence-electron chi connectivity index (χ4n) is 1.58. The minimum absolute atomic E-state index is 0.268. The van der Waals surface area contributed by atoms with Gasteiger partial charge in [-0.1, -0.05) is 12.2 Å². The van der Waals surface area contributed by atoms with Gasteiger partial charge in [0.15, 0.2) is 0 Å². The van der Waals surface area contributed by atoms with Crippen molar-refractivity contribution < 1.29 is 13.6 Å². The molecule has 0 fully saturated rings. The van der Waals surface area contributed by atoms with Crippen LogP contribution in [0.25, 0.3) is 0 Å². The summed E-state index contributed by atoms with van der Waals surface area (Å²) in [5.41, 5.74) is 0. The normalized spacial score (nSPS) is 14.5. The average molecular weight is 294 g/mol. The molecule has 0 bridgehead atoms. The summed E-state index contributed by atoms with van der Waals surface area (Å²) in [5.74, 6) is 5.02. The first kappa shape index (κ1) is 18.8. The van der Waals surface area contributed by atoms with Crippen molar-refractivity contribution in [2.75, 3.05) is 0 Å². The van der Waals surface area contributed by atoms with Crippen LogP contribution in [0.15, 0.2) is 25.3 Å². The third-order valence-corrected chi connectivity index (χ3v) is 3.65. The molecule has 20 heavy (non-hydrogen) atoms. The highest BCUT2D eigenvalue weighted by Crippen LogP contribution is 2.32. The lowest BCUT2D eigenvalue weighted by atomic mass is 10.1. The Labute approximate surface area is 123 Å². The number of hydrogen-bond donors (Lipinski definition) is 0. The highest BCUT2D eigenvalue weighted by molar-refractivity contribution is 7.33. The zero-order valence-corrected chi connectivity index (χ0v) is 12.8. The zero-order valence-electron chi connectivity index (χ0n) is 11.8. The van der Waals surface area contributed by atoms with Crippen LogP contribution in [-0.2, 0) is 13.6 Å². The molecule has 3 nitrogen and oxygen atoms in total. The summed E-state index contributed by atoms with van der Waals surface area (Å²) in [7, 11) is -2.60. The van der Waals surface area contributed by atoms with E-state index in [1.165, 1.54) is 0 Å². The van der Waals surface area contributed by atoms with Crippen LogP contribution in [0.4, 0.5) is 0 Å². The molecule has 0 radical (unpaired) electrons. The van der Waals surface area contributed by atoms with E-state index < -0.39 is 8.25 Å². The van der Waals surface area contributed by atoms with Crippen molar-refractivity contribution in [3.8, 4) is 24.7 Å². The van der Waals surface area contributed by atoms with E-state index in [4.69, 9.17) is 21.9 Å². The predicted molar refractivity (Wildman–Crippen MR) is 84.5 cm³/mol. The van der Waals surface area contributed by atoms with Gasteiger partial charge in [0, 0.05) is 12.8 Å². The Bertz CT molecular complexity index is 354. The van der Waals surface area contributed by atoms with E-state index in [1.54, 1.807) is 12.2 Å². The fourth-order valence-corrected chi connectivity index (χ4v) is 2.58. The lowest BCUT2D eigenvalue weighted by Gasteiger charge is -2.18. The molecule has 0 N–H and O–H groups in total. The third-order valence-electron chi connectivity index (χ3n) is 2.60. The SMILES string of the molecule is C#CCC(CCC=C)O[PH](=O)OC(CC#C)CCC=C. The first-order chi connectivity index (χ1) is 9.67. The molecule has 0 aliphatic heterocycles. The predicted octanol–water partition coefficient (Wildman–Crippen LogP) is 4.13. The third kappa shape index (κ3) is 9.65. The van der Waals surface area contributed by atoms with Crippen LogP contribution >= 0.6 is 8.25 Å². The van der Waals surface area contributed by atoms with Crippen LogP contribution in [0.2, 0.25) is 0 Å². The molecule has 0 saturated carbocycles. The van der Waals surface area contributed by atoms with Crippen LogP contribution < -0.4 is 0 Å². The number of rotatable bonds is 12. The zero-order chi connectivity index (χ0) is 15.2. The molecule has 0 aliphatic carbocycles. The van der Waals surface area contributed by atoms with Gasteiger partial charge in [-0.2, -0.15) is 0 Å². The van der Waals surface area contributed by atoms with E-state index in [-0.39, 0.29) is 12.2 Å². The maximum atomic E-state index is 11.9. The smallest absolute Gasteiger partial charge is 0.306 e. The molecule has 2 atom stereocenters. The van der Waals surface area contributed by atoms with Crippen molar-refractivity contribution in [2.45, 2.75) is 50.7 Å². The molecular weight excluding hydrogens is 271 g/mol. The van der Waals surface area contributed by atoms with Crippen LogP contribution in [0.3, 0.4) is 0 Å².